The molecule has 0 bridgehead atoms. The smallest absolute Gasteiger partial charge is 0.272 e. The Morgan fingerprint density at radius 3 is 2.36 bits per heavy atom. The van der Waals surface area contributed by atoms with Crippen molar-refractivity contribution in [2.24, 2.45) is 0 Å². The van der Waals surface area contributed by atoms with Gasteiger partial charge in [-0.25, -0.2) is 4.98 Å². The largest absolute Gasteiger partial charge is 0.316 e. The molecule has 1 aromatic carbocycles. The zero-order valence-corrected chi connectivity index (χ0v) is 13.8. The second-order valence-electron chi connectivity index (χ2n) is 5.47. The van der Waals surface area contributed by atoms with Gasteiger partial charge >= 0.3 is 0 Å². The van der Waals surface area contributed by atoms with Crippen molar-refractivity contribution in [2.75, 3.05) is 0 Å². The van der Waals surface area contributed by atoms with Gasteiger partial charge in [0.15, 0.2) is 0 Å². The van der Waals surface area contributed by atoms with E-state index in [9.17, 15) is 9.59 Å². The molecule has 4 aromatic rings. The fourth-order valence-electron chi connectivity index (χ4n) is 2.52. The van der Waals surface area contributed by atoms with E-state index in [1.54, 1.807) is 12.2 Å². The Hall–Kier alpha value is -3.25. The average Bonchev–Trinajstić information content (AvgIpc) is 3.12. The van der Waals surface area contributed by atoms with E-state index in [0.29, 0.717) is 5.69 Å². The van der Waals surface area contributed by atoms with Gasteiger partial charge in [-0.05, 0) is 35.7 Å². The van der Waals surface area contributed by atoms with Gasteiger partial charge in [0.05, 0.1) is 11.2 Å². The number of nitrogens with one attached hydrogen (secondary N) is 2. The van der Waals surface area contributed by atoms with E-state index in [-0.39, 0.29) is 21.8 Å². The van der Waals surface area contributed by atoms with Crippen molar-refractivity contribution in [3.63, 3.8) is 0 Å². The minimum absolute atomic E-state index is 0.177. The first kappa shape index (κ1) is 15.3. The maximum Gasteiger partial charge on any atom is 0.272 e. The van der Waals surface area contributed by atoms with Crippen LogP contribution in [0.1, 0.15) is 10.6 Å². The predicted octanol–water partition coefficient (Wildman–Crippen LogP) is 1.33. The molecule has 3 aromatic heterocycles. The number of para-hydroxylation sites is 1. The van der Waals surface area contributed by atoms with E-state index in [1.165, 1.54) is 11.3 Å². The van der Waals surface area contributed by atoms with Crippen LogP contribution in [0.15, 0.2) is 63.5 Å². The zero-order valence-electron chi connectivity index (χ0n) is 13.0. The lowest BCUT2D eigenvalue weighted by Gasteiger charge is -1.98. The maximum atomic E-state index is 12.3. The van der Waals surface area contributed by atoms with Crippen molar-refractivity contribution in [1.29, 1.82) is 0 Å². The van der Waals surface area contributed by atoms with Crippen molar-refractivity contribution >= 4 is 34.4 Å². The molecule has 6 heteroatoms. The van der Waals surface area contributed by atoms with E-state index in [4.69, 9.17) is 0 Å². The summed E-state index contributed by atoms with van der Waals surface area (Å²) >= 11 is 1.49. The molecule has 0 saturated carbocycles. The fourth-order valence-corrected chi connectivity index (χ4v) is 3.18. The molecule has 0 aliphatic carbocycles. The Morgan fingerprint density at radius 2 is 1.60 bits per heavy atom. The summed E-state index contributed by atoms with van der Waals surface area (Å²) < 4.78 is 0. The molecule has 0 aliphatic heterocycles. The normalized spacial score (nSPS) is 12.8. The first-order valence-electron chi connectivity index (χ1n) is 7.64. The molecule has 0 amide bonds. The van der Waals surface area contributed by atoms with Gasteiger partial charge in [0.25, 0.3) is 11.1 Å². The number of aromatic nitrogens is 3. The van der Waals surface area contributed by atoms with Crippen LogP contribution in [0.25, 0.3) is 23.1 Å². The van der Waals surface area contributed by atoms with E-state index in [0.717, 1.165) is 15.8 Å². The molecule has 122 valence electrons. The van der Waals surface area contributed by atoms with Crippen molar-refractivity contribution in [3.8, 4) is 0 Å². The van der Waals surface area contributed by atoms with Crippen LogP contribution in [-0.2, 0) is 0 Å². The third-order valence-corrected chi connectivity index (χ3v) is 4.55. The summed E-state index contributed by atoms with van der Waals surface area (Å²) in [6.07, 6.45) is 3.23. The van der Waals surface area contributed by atoms with Crippen LogP contribution < -0.4 is 21.8 Å². The SMILES string of the molecule is O=c1[nH]/c(=C\c2cccs2)c(=O)[nH]/c1=C\c1ccc2ccccc2n1. The second kappa shape index (κ2) is 6.33. The predicted molar refractivity (Wildman–Crippen MR) is 100 cm³/mol. The van der Waals surface area contributed by atoms with Crippen LogP contribution >= 0.6 is 11.3 Å². The first-order valence-corrected chi connectivity index (χ1v) is 8.52. The highest BCUT2D eigenvalue weighted by Gasteiger charge is 1.99. The highest BCUT2D eigenvalue weighted by atomic mass is 32.1. The number of rotatable bonds is 2. The Balaban J connectivity index is 1.85. The van der Waals surface area contributed by atoms with Crippen molar-refractivity contribution < 1.29 is 0 Å². The van der Waals surface area contributed by atoms with Crippen molar-refractivity contribution in [3.05, 3.63) is 95.9 Å². The number of aromatic amines is 2. The van der Waals surface area contributed by atoms with Gasteiger partial charge in [-0.15, -0.1) is 11.3 Å². The van der Waals surface area contributed by atoms with E-state index >= 15 is 0 Å². The summed E-state index contributed by atoms with van der Waals surface area (Å²) in [5.74, 6) is 0. The van der Waals surface area contributed by atoms with Gasteiger partial charge in [0.2, 0.25) is 0 Å². The summed E-state index contributed by atoms with van der Waals surface area (Å²) in [5.41, 5.74) is 0.727. The standard InChI is InChI=1S/C19H13N3O2S/c23-18-16(10-13-8-7-12-4-1-2-6-15(12)20-13)21-19(24)17(22-18)11-14-5-3-9-25-14/h1-11H,(H,21,24)(H,22,23)/b16-10-,17-11-. The molecule has 25 heavy (non-hydrogen) atoms. The number of nitrogens with zero attached hydrogens (tertiary/aromatic N) is 1. The molecular formula is C19H13N3O2S. The third kappa shape index (κ3) is 3.20. The molecule has 0 spiro atoms. The van der Waals surface area contributed by atoms with Crippen molar-refractivity contribution in [1.82, 2.24) is 15.0 Å². The monoisotopic (exact) mass is 347 g/mol. The number of fused-ring (bicyclic) bond motifs is 1. The lowest BCUT2D eigenvalue weighted by atomic mass is 10.2. The quantitative estimate of drug-likeness (QED) is 0.574. The van der Waals surface area contributed by atoms with E-state index in [2.05, 4.69) is 15.0 Å². The second-order valence-corrected chi connectivity index (χ2v) is 6.45. The summed E-state index contributed by atoms with van der Waals surface area (Å²) in [6.45, 7) is 0. The molecule has 2 N–H and O–H groups in total. The summed E-state index contributed by atoms with van der Waals surface area (Å²) in [5, 5.41) is 3.33. The number of H-pyrrole nitrogens is 2. The van der Waals surface area contributed by atoms with Crippen LogP contribution in [0.4, 0.5) is 0 Å². The van der Waals surface area contributed by atoms with Gasteiger partial charge in [-0.3, -0.25) is 9.59 Å². The van der Waals surface area contributed by atoms with Gasteiger partial charge in [-0.1, -0.05) is 30.3 Å². The molecule has 0 aliphatic rings. The fraction of sp³-hybridized carbons (Fsp3) is 0. The summed E-state index contributed by atoms with van der Waals surface area (Å²) in [7, 11) is 0. The molecule has 0 atom stereocenters. The van der Waals surface area contributed by atoms with Gasteiger partial charge < -0.3 is 9.97 Å². The Bertz CT molecular complexity index is 1280. The minimum Gasteiger partial charge on any atom is -0.316 e. The van der Waals surface area contributed by atoms with Gasteiger partial charge in [0.1, 0.15) is 10.7 Å². The number of thiophene rings is 1. The highest BCUT2D eigenvalue weighted by molar-refractivity contribution is 7.10. The molecule has 3 heterocycles. The number of pyridine rings is 1. The van der Waals surface area contributed by atoms with Crippen LogP contribution in [0, 0.1) is 0 Å². The van der Waals surface area contributed by atoms with Gasteiger partial charge in [-0.2, -0.15) is 0 Å². The van der Waals surface area contributed by atoms with Crippen LogP contribution in [0.3, 0.4) is 0 Å². The summed E-state index contributed by atoms with van der Waals surface area (Å²) in [4.78, 5) is 35.2. The molecule has 0 radical (unpaired) electrons. The van der Waals surface area contributed by atoms with Crippen LogP contribution in [-0.4, -0.2) is 15.0 Å². The Morgan fingerprint density at radius 1 is 0.840 bits per heavy atom. The van der Waals surface area contributed by atoms with Crippen LogP contribution in [0.2, 0.25) is 0 Å². The topological polar surface area (TPSA) is 78.6 Å². The molecule has 4 rings (SSSR count). The minimum atomic E-state index is -0.364. The van der Waals surface area contributed by atoms with Crippen LogP contribution in [0.5, 0.6) is 0 Å². The summed E-state index contributed by atoms with van der Waals surface area (Å²) in [6, 6.07) is 15.2. The molecule has 5 nitrogen and oxygen atoms in total. The van der Waals surface area contributed by atoms with Gasteiger partial charge in [0, 0.05) is 10.3 Å². The zero-order chi connectivity index (χ0) is 17.2. The number of hydrogen-bond donors (Lipinski definition) is 2. The Kier molecular flexibility index (Phi) is 3.87. The lowest BCUT2D eigenvalue weighted by molar-refractivity contribution is 1.00. The molecule has 0 saturated heterocycles. The average molecular weight is 347 g/mol. The molecular weight excluding hydrogens is 334 g/mol. The maximum absolute atomic E-state index is 12.3. The highest BCUT2D eigenvalue weighted by Crippen LogP contribution is 2.11. The first-order chi connectivity index (χ1) is 12.2. The molecule has 0 fully saturated rings. The number of benzene rings is 1. The van der Waals surface area contributed by atoms with Crippen molar-refractivity contribution in [2.45, 2.75) is 0 Å². The lowest BCUT2D eigenvalue weighted by Crippen LogP contribution is -2.46. The third-order valence-electron chi connectivity index (χ3n) is 3.73. The Labute approximate surface area is 145 Å². The van der Waals surface area contributed by atoms with E-state index in [1.807, 2.05) is 53.9 Å². The molecule has 0 unspecified atom stereocenters. The van der Waals surface area contributed by atoms with E-state index < -0.39 is 0 Å². The number of hydrogen-bond acceptors (Lipinski definition) is 4.